The number of ether oxygens (including phenoxy) is 2. The molecule has 2 aromatic rings. The monoisotopic (exact) mass is 569 g/mol. The molecule has 0 spiro atoms. The van der Waals surface area contributed by atoms with Crippen molar-refractivity contribution in [2.24, 2.45) is 0 Å². The van der Waals surface area contributed by atoms with E-state index in [0.717, 1.165) is 0 Å². The second-order valence-electron chi connectivity index (χ2n) is 10.5. The molecule has 2 amide bonds. The molecule has 1 unspecified atom stereocenters. The molecule has 1 saturated heterocycles. The van der Waals surface area contributed by atoms with Gasteiger partial charge in [0.05, 0.1) is 11.4 Å². The predicted molar refractivity (Wildman–Crippen MR) is 136 cm³/mol. The van der Waals surface area contributed by atoms with Crippen molar-refractivity contribution in [1.82, 2.24) is 9.80 Å². The van der Waals surface area contributed by atoms with Crippen LogP contribution in [0.4, 0.5) is 23.7 Å². The molecule has 1 N–H and O–H groups in total. The molecule has 2 aliphatic rings. The second kappa shape index (κ2) is 10.6. The van der Waals surface area contributed by atoms with Crippen LogP contribution in [0.1, 0.15) is 38.3 Å². The van der Waals surface area contributed by atoms with E-state index in [-0.39, 0.29) is 36.2 Å². The number of rotatable bonds is 5. The number of sulfonamides is 1. The fourth-order valence-corrected chi connectivity index (χ4v) is 5.49. The number of amides is 2. The molecule has 1 atom stereocenters. The summed E-state index contributed by atoms with van der Waals surface area (Å²) in [6.07, 6.45) is -4.81. The van der Waals surface area contributed by atoms with E-state index in [1.54, 1.807) is 43.9 Å². The van der Waals surface area contributed by atoms with Crippen molar-refractivity contribution >= 4 is 27.7 Å². The Labute approximate surface area is 224 Å². The summed E-state index contributed by atoms with van der Waals surface area (Å²) in [5.41, 5.74) is 0.710. The number of carbonyl (C=O) groups excluding carboxylic acids is 2. The molecule has 9 nitrogen and oxygen atoms in total. The van der Waals surface area contributed by atoms with Crippen molar-refractivity contribution in [3.8, 4) is 5.75 Å². The molecule has 0 bridgehead atoms. The molecule has 0 aliphatic carbocycles. The number of anilines is 1. The zero-order valence-electron chi connectivity index (χ0n) is 21.7. The Morgan fingerprint density at radius 1 is 0.974 bits per heavy atom. The van der Waals surface area contributed by atoms with Gasteiger partial charge in [0.2, 0.25) is 0 Å². The van der Waals surface area contributed by atoms with Gasteiger partial charge in [-0.15, -0.1) is 0 Å². The third kappa shape index (κ3) is 7.14. The lowest BCUT2D eigenvalue weighted by atomic mass is 10.00. The van der Waals surface area contributed by atoms with Crippen molar-refractivity contribution in [1.29, 1.82) is 0 Å². The van der Waals surface area contributed by atoms with Crippen molar-refractivity contribution < 1.29 is 40.7 Å². The number of hydrogen-bond donors (Lipinski definition) is 1. The van der Waals surface area contributed by atoms with Crippen molar-refractivity contribution in [3.63, 3.8) is 0 Å². The Hall–Kier alpha value is -3.48. The molecule has 4 rings (SSSR count). The van der Waals surface area contributed by atoms with Crippen LogP contribution in [0.25, 0.3) is 0 Å². The lowest BCUT2D eigenvalue weighted by Crippen LogP contribution is -2.43. The van der Waals surface area contributed by atoms with Crippen LogP contribution in [0.2, 0.25) is 0 Å². The van der Waals surface area contributed by atoms with Gasteiger partial charge in [0.25, 0.3) is 10.0 Å². The van der Waals surface area contributed by atoms with Gasteiger partial charge in [-0.2, -0.15) is 13.2 Å². The Morgan fingerprint density at radius 2 is 1.67 bits per heavy atom. The minimum atomic E-state index is -4.99. The van der Waals surface area contributed by atoms with Crippen LogP contribution in [0.3, 0.4) is 0 Å². The fourth-order valence-electron chi connectivity index (χ4n) is 4.38. The van der Waals surface area contributed by atoms with Crippen LogP contribution >= 0.6 is 0 Å². The number of fused-ring (bicyclic) bond motifs is 1. The van der Waals surface area contributed by atoms with Gasteiger partial charge in [-0.25, -0.2) is 13.2 Å². The van der Waals surface area contributed by atoms with Crippen LogP contribution in [-0.2, 0) is 32.5 Å². The highest BCUT2D eigenvalue weighted by atomic mass is 32.2. The van der Waals surface area contributed by atoms with E-state index in [0.29, 0.717) is 41.3 Å². The Bertz CT molecular complexity index is 1340. The molecule has 1 fully saturated rings. The third-order valence-corrected chi connectivity index (χ3v) is 7.61. The maximum Gasteiger partial charge on any atom is 0.471 e. The molecule has 2 aromatic carbocycles. The van der Waals surface area contributed by atoms with E-state index in [4.69, 9.17) is 9.47 Å². The standard InChI is InChI=1S/C26H30F3N3O6S/c1-25(2,3)38-24(34)32-13-11-21(16-32)37-20-7-5-19(6-8-20)30-39(35,36)22-9-4-17-10-12-31(15-18(17)14-22)23(33)26(27,28)29/h4-9,14,21,30H,10-13,15-16H2,1-3H3. The fraction of sp³-hybridized carbons (Fsp3) is 0.462. The van der Waals surface area contributed by atoms with Gasteiger partial charge < -0.3 is 19.3 Å². The molecule has 0 radical (unpaired) electrons. The van der Waals surface area contributed by atoms with Gasteiger partial charge in [-0.3, -0.25) is 9.52 Å². The number of nitrogens with zero attached hydrogens (tertiary/aromatic N) is 2. The zero-order valence-corrected chi connectivity index (χ0v) is 22.6. The highest BCUT2D eigenvalue weighted by Gasteiger charge is 2.43. The summed E-state index contributed by atoms with van der Waals surface area (Å²) in [7, 11) is -4.05. The summed E-state index contributed by atoms with van der Waals surface area (Å²) in [6, 6.07) is 10.5. The maximum atomic E-state index is 13.0. The summed E-state index contributed by atoms with van der Waals surface area (Å²) in [4.78, 5) is 26.0. The largest absolute Gasteiger partial charge is 0.489 e. The highest BCUT2D eigenvalue weighted by Crippen LogP contribution is 2.28. The van der Waals surface area contributed by atoms with Gasteiger partial charge in [0, 0.05) is 31.7 Å². The molecule has 0 aromatic heterocycles. The van der Waals surface area contributed by atoms with E-state index < -0.39 is 33.8 Å². The Balaban J connectivity index is 1.37. The smallest absolute Gasteiger partial charge is 0.471 e. The number of nitrogens with one attached hydrogen (secondary N) is 1. The SMILES string of the molecule is CC(C)(C)OC(=O)N1CCC(Oc2ccc(NS(=O)(=O)c3ccc4c(c3)CN(C(=O)C(F)(F)F)CC4)cc2)C1. The lowest BCUT2D eigenvalue weighted by molar-refractivity contribution is -0.186. The maximum absolute atomic E-state index is 13.0. The van der Waals surface area contributed by atoms with Crippen molar-refractivity contribution in [3.05, 3.63) is 53.6 Å². The first kappa shape index (κ1) is 28.5. The van der Waals surface area contributed by atoms with Crippen LogP contribution in [0.15, 0.2) is 47.4 Å². The van der Waals surface area contributed by atoms with E-state index in [9.17, 15) is 31.2 Å². The Morgan fingerprint density at radius 3 is 2.31 bits per heavy atom. The van der Waals surface area contributed by atoms with Gasteiger partial charge in [0.15, 0.2) is 0 Å². The highest BCUT2D eigenvalue weighted by molar-refractivity contribution is 7.92. The molecular formula is C26H30F3N3O6S. The minimum absolute atomic E-state index is 0.0933. The van der Waals surface area contributed by atoms with Crippen LogP contribution in [0.5, 0.6) is 5.75 Å². The minimum Gasteiger partial charge on any atom is -0.489 e. The molecular weight excluding hydrogens is 539 g/mol. The number of alkyl halides is 3. The summed E-state index contributed by atoms with van der Waals surface area (Å²) >= 11 is 0. The Kier molecular flexibility index (Phi) is 7.75. The molecule has 2 heterocycles. The average molecular weight is 570 g/mol. The topological polar surface area (TPSA) is 105 Å². The first-order chi connectivity index (χ1) is 18.1. The first-order valence-corrected chi connectivity index (χ1v) is 13.8. The van der Waals surface area contributed by atoms with Crippen LogP contribution in [0, 0.1) is 0 Å². The zero-order chi connectivity index (χ0) is 28.6. The number of halogens is 3. The molecule has 39 heavy (non-hydrogen) atoms. The van der Waals surface area contributed by atoms with Crippen molar-refractivity contribution in [2.75, 3.05) is 24.4 Å². The lowest BCUT2D eigenvalue weighted by Gasteiger charge is -2.29. The third-order valence-electron chi connectivity index (χ3n) is 6.24. The molecule has 2 aliphatic heterocycles. The van der Waals surface area contributed by atoms with E-state index in [2.05, 4.69) is 4.72 Å². The number of likely N-dealkylation sites (tertiary alicyclic amines) is 1. The van der Waals surface area contributed by atoms with E-state index in [1.165, 1.54) is 24.3 Å². The summed E-state index contributed by atoms with van der Waals surface area (Å²) in [5.74, 6) is -1.45. The summed E-state index contributed by atoms with van der Waals surface area (Å²) < 4.78 is 78.2. The number of carbonyl (C=O) groups is 2. The first-order valence-electron chi connectivity index (χ1n) is 12.4. The van der Waals surface area contributed by atoms with E-state index >= 15 is 0 Å². The van der Waals surface area contributed by atoms with Gasteiger partial charge in [-0.1, -0.05) is 6.07 Å². The van der Waals surface area contributed by atoms with Gasteiger partial charge in [-0.05, 0) is 74.7 Å². The summed E-state index contributed by atoms with van der Waals surface area (Å²) in [6.45, 7) is 5.84. The molecule has 13 heteroatoms. The number of hydrogen-bond acceptors (Lipinski definition) is 6. The second-order valence-corrected chi connectivity index (χ2v) is 12.2. The van der Waals surface area contributed by atoms with E-state index in [1.807, 2.05) is 0 Å². The van der Waals surface area contributed by atoms with Crippen molar-refractivity contribution in [2.45, 2.75) is 62.9 Å². The molecule has 0 saturated carbocycles. The van der Waals surface area contributed by atoms with Crippen LogP contribution in [-0.4, -0.2) is 67.7 Å². The molecule has 212 valence electrons. The normalized spacial score (nSPS) is 17.9. The average Bonchev–Trinajstić information content (AvgIpc) is 3.31. The van der Waals surface area contributed by atoms with Gasteiger partial charge >= 0.3 is 18.2 Å². The predicted octanol–water partition coefficient (Wildman–Crippen LogP) is 4.32. The quantitative estimate of drug-likeness (QED) is 0.575. The summed E-state index contributed by atoms with van der Waals surface area (Å²) in [5, 5.41) is 0. The van der Waals surface area contributed by atoms with Gasteiger partial charge in [0.1, 0.15) is 17.5 Å². The number of benzene rings is 2. The van der Waals surface area contributed by atoms with Crippen LogP contribution < -0.4 is 9.46 Å².